The van der Waals surface area contributed by atoms with Crippen LogP contribution in [0.1, 0.15) is 54.5 Å². The molecule has 6 nitrogen and oxygen atoms in total. The summed E-state index contributed by atoms with van der Waals surface area (Å²) in [5.74, 6) is 1.89. The summed E-state index contributed by atoms with van der Waals surface area (Å²) < 4.78 is 41.0. The molecule has 2 N–H and O–H groups in total. The topological polar surface area (TPSA) is 76.7 Å². The van der Waals surface area contributed by atoms with E-state index in [1.54, 1.807) is 6.07 Å². The van der Waals surface area contributed by atoms with E-state index in [1.165, 1.54) is 0 Å². The van der Waals surface area contributed by atoms with E-state index in [0.717, 1.165) is 45.9 Å². The molecule has 1 aliphatic carbocycles. The third-order valence-corrected chi connectivity index (χ3v) is 8.42. The minimum Gasteiger partial charge on any atom is -0.490 e. The maximum Gasteiger partial charge on any atom is 0.261 e. The van der Waals surface area contributed by atoms with Gasteiger partial charge in [-0.25, -0.2) is 8.42 Å². The number of nitrogens with one attached hydrogen (secondary N) is 2. The second-order valence-corrected chi connectivity index (χ2v) is 11.5. The van der Waals surface area contributed by atoms with Gasteiger partial charge < -0.3 is 14.8 Å². The number of hydrogen-bond donors (Lipinski definition) is 2. The molecule has 0 amide bonds. The van der Waals surface area contributed by atoms with Gasteiger partial charge in [0.25, 0.3) is 10.0 Å². The molecule has 0 saturated carbocycles. The maximum atomic E-state index is 13.3. The Labute approximate surface area is 219 Å². The van der Waals surface area contributed by atoms with E-state index in [-0.39, 0.29) is 22.8 Å². The van der Waals surface area contributed by atoms with E-state index in [4.69, 9.17) is 9.47 Å². The zero-order valence-corrected chi connectivity index (χ0v) is 22.6. The maximum absolute atomic E-state index is 13.3. The summed E-state index contributed by atoms with van der Waals surface area (Å²) in [5.41, 5.74) is 5.69. The van der Waals surface area contributed by atoms with E-state index in [9.17, 15) is 8.42 Å². The van der Waals surface area contributed by atoms with Crippen molar-refractivity contribution >= 4 is 21.4 Å². The number of allylic oxidation sites excluding steroid dienone is 2. The van der Waals surface area contributed by atoms with Crippen LogP contribution in [0.4, 0.5) is 11.4 Å². The fourth-order valence-corrected chi connectivity index (χ4v) is 6.65. The van der Waals surface area contributed by atoms with Crippen molar-refractivity contribution in [1.82, 2.24) is 0 Å². The highest BCUT2D eigenvalue weighted by Gasteiger charge is 2.38. The summed E-state index contributed by atoms with van der Waals surface area (Å²) in [6.45, 7) is 8.98. The SMILES string of the molecule is CCOc1ccc([C@H]2Nc3ccc(S(=O)(=O)Nc4cc(C)cc(C)c4)cc3[C@H]3C=CC[C@H]32)cc1OCC. The lowest BCUT2D eigenvalue weighted by Gasteiger charge is -2.38. The molecule has 0 saturated heterocycles. The first-order valence-corrected chi connectivity index (χ1v) is 14.3. The predicted octanol–water partition coefficient (Wildman–Crippen LogP) is 6.73. The highest BCUT2D eigenvalue weighted by molar-refractivity contribution is 7.92. The normalized spacial score (nSPS) is 20.1. The van der Waals surface area contributed by atoms with Gasteiger partial charge >= 0.3 is 0 Å². The van der Waals surface area contributed by atoms with Gasteiger partial charge in [0, 0.05) is 17.3 Å². The molecule has 0 bridgehead atoms. The molecule has 3 atom stereocenters. The lowest BCUT2D eigenvalue weighted by atomic mass is 9.77. The Hall–Kier alpha value is -3.45. The molecule has 5 rings (SSSR count). The highest BCUT2D eigenvalue weighted by atomic mass is 32.2. The van der Waals surface area contributed by atoms with Gasteiger partial charge in [-0.05, 0) is 105 Å². The minimum absolute atomic E-state index is 0.0678. The van der Waals surface area contributed by atoms with Crippen LogP contribution in [-0.4, -0.2) is 21.6 Å². The first-order chi connectivity index (χ1) is 17.8. The molecule has 0 radical (unpaired) electrons. The molecule has 1 aliphatic heterocycles. The van der Waals surface area contributed by atoms with Crippen molar-refractivity contribution in [3.63, 3.8) is 0 Å². The van der Waals surface area contributed by atoms with E-state index in [1.807, 2.05) is 64.1 Å². The number of anilines is 2. The van der Waals surface area contributed by atoms with Crippen molar-refractivity contribution < 1.29 is 17.9 Å². The van der Waals surface area contributed by atoms with Crippen LogP contribution >= 0.6 is 0 Å². The quantitative estimate of drug-likeness (QED) is 0.324. The number of rotatable bonds is 8. The average Bonchev–Trinajstić information content (AvgIpc) is 3.34. The molecule has 0 spiro atoms. The van der Waals surface area contributed by atoms with Crippen LogP contribution in [0, 0.1) is 19.8 Å². The number of aryl methyl sites for hydroxylation is 2. The molecular formula is C30H34N2O4S. The minimum atomic E-state index is -3.73. The molecular weight excluding hydrogens is 484 g/mol. The van der Waals surface area contributed by atoms with Crippen molar-refractivity contribution in [2.75, 3.05) is 23.3 Å². The van der Waals surface area contributed by atoms with Crippen molar-refractivity contribution in [3.8, 4) is 11.5 Å². The summed E-state index contributed by atoms with van der Waals surface area (Å²) >= 11 is 0. The number of hydrogen-bond acceptors (Lipinski definition) is 5. The average molecular weight is 519 g/mol. The van der Waals surface area contributed by atoms with Crippen LogP contribution in [0.15, 0.2) is 71.6 Å². The molecule has 194 valence electrons. The molecule has 3 aromatic rings. The Bertz CT molecular complexity index is 1430. The van der Waals surface area contributed by atoms with Crippen LogP contribution in [-0.2, 0) is 10.0 Å². The van der Waals surface area contributed by atoms with Gasteiger partial charge in [-0.3, -0.25) is 4.72 Å². The first kappa shape index (κ1) is 25.2. The van der Waals surface area contributed by atoms with Crippen molar-refractivity contribution in [2.24, 2.45) is 5.92 Å². The Morgan fingerprint density at radius 3 is 2.38 bits per heavy atom. The van der Waals surface area contributed by atoms with E-state index >= 15 is 0 Å². The zero-order chi connectivity index (χ0) is 26.2. The fourth-order valence-electron chi connectivity index (χ4n) is 5.58. The summed E-state index contributed by atoms with van der Waals surface area (Å²) in [5, 5.41) is 3.70. The van der Waals surface area contributed by atoms with Gasteiger partial charge in [-0.2, -0.15) is 0 Å². The second-order valence-electron chi connectivity index (χ2n) is 9.78. The van der Waals surface area contributed by atoms with E-state index in [2.05, 4.69) is 34.3 Å². The zero-order valence-electron chi connectivity index (χ0n) is 21.7. The van der Waals surface area contributed by atoms with E-state index < -0.39 is 10.0 Å². The second kappa shape index (κ2) is 10.1. The standard InChI is InChI=1S/C30H34N2O4S/c1-5-35-28-13-10-21(17-29(28)36-6-2)30-25-9-7-8-24(25)26-18-23(11-12-27(26)31-30)37(33,34)32-22-15-19(3)14-20(4)16-22/h7-8,10-18,24-25,30-32H,5-6,9H2,1-4H3/t24-,25+,30+/m0/s1. The van der Waals surface area contributed by atoms with Crippen molar-refractivity contribution in [1.29, 1.82) is 0 Å². The Kier molecular flexibility index (Phi) is 6.90. The smallest absolute Gasteiger partial charge is 0.261 e. The largest absolute Gasteiger partial charge is 0.490 e. The molecule has 37 heavy (non-hydrogen) atoms. The molecule has 2 aliphatic rings. The van der Waals surface area contributed by atoms with Crippen LogP contribution in [0.5, 0.6) is 11.5 Å². The van der Waals surface area contributed by atoms with Gasteiger partial charge in [0.1, 0.15) is 0 Å². The monoisotopic (exact) mass is 518 g/mol. The van der Waals surface area contributed by atoms with Crippen LogP contribution < -0.4 is 19.5 Å². The summed E-state index contributed by atoms with van der Waals surface area (Å²) in [4.78, 5) is 0.268. The lowest BCUT2D eigenvalue weighted by molar-refractivity contribution is 0.287. The van der Waals surface area contributed by atoms with Crippen molar-refractivity contribution in [3.05, 3.63) is 89.0 Å². The third-order valence-electron chi connectivity index (χ3n) is 7.05. The van der Waals surface area contributed by atoms with Crippen LogP contribution in [0.25, 0.3) is 0 Å². The van der Waals surface area contributed by atoms with Gasteiger partial charge in [0.15, 0.2) is 11.5 Å². The van der Waals surface area contributed by atoms with Gasteiger partial charge in [-0.1, -0.05) is 24.3 Å². The number of benzene rings is 3. The first-order valence-electron chi connectivity index (χ1n) is 12.9. The molecule has 3 aromatic carbocycles. The Morgan fingerprint density at radius 2 is 1.65 bits per heavy atom. The van der Waals surface area contributed by atoms with E-state index in [0.29, 0.717) is 18.9 Å². The van der Waals surface area contributed by atoms with Crippen molar-refractivity contribution in [2.45, 2.75) is 51.0 Å². The molecule has 0 aromatic heterocycles. The van der Waals surface area contributed by atoms with Crippen LogP contribution in [0.2, 0.25) is 0 Å². The number of ether oxygens (including phenoxy) is 2. The number of fused-ring (bicyclic) bond motifs is 3. The highest BCUT2D eigenvalue weighted by Crippen LogP contribution is 2.51. The van der Waals surface area contributed by atoms with Gasteiger partial charge in [0.2, 0.25) is 0 Å². The number of sulfonamides is 1. The summed E-state index contributed by atoms with van der Waals surface area (Å²) in [7, 11) is -3.73. The fraction of sp³-hybridized carbons (Fsp3) is 0.333. The molecule has 1 heterocycles. The van der Waals surface area contributed by atoms with Gasteiger partial charge in [0.05, 0.1) is 24.2 Å². The third kappa shape index (κ3) is 5.05. The summed E-state index contributed by atoms with van der Waals surface area (Å²) in [6, 6.07) is 17.3. The lowest BCUT2D eigenvalue weighted by Crippen LogP contribution is -2.29. The molecule has 0 unspecified atom stereocenters. The van der Waals surface area contributed by atoms with Crippen LogP contribution in [0.3, 0.4) is 0 Å². The van der Waals surface area contributed by atoms with Gasteiger partial charge in [-0.15, -0.1) is 0 Å². The molecule has 7 heteroatoms. The summed E-state index contributed by atoms with van der Waals surface area (Å²) in [6.07, 6.45) is 5.33. The Balaban J connectivity index is 1.46. The molecule has 0 fully saturated rings. The Morgan fingerprint density at radius 1 is 0.919 bits per heavy atom. The predicted molar refractivity (Wildman–Crippen MR) is 148 cm³/mol.